The highest BCUT2D eigenvalue weighted by atomic mass is 35.5. The summed E-state index contributed by atoms with van der Waals surface area (Å²) < 4.78 is 5.63. The molecular formula is C17H17ClN2O2. The molecule has 2 aromatic rings. The van der Waals surface area contributed by atoms with Gasteiger partial charge in [0.1, 0.15) is 5.75 Å². The molecule has 0 radical (unpaired) electrons. The predicted molar refractivity (Wildman–Crippen MR) is 87.8 cm³/mol. The Kier molecular flexibility index (Phi) is 4.49. The van der Waals surface area contributed by atoms with Gasteiger partial charge in [0, 0.05) is 23.2 Å². The quantitative estimate of drug-likeness (QED) is 0.898. The number of fused-ring (bicyclic) bond motifs is 1. The predicted octanol–water partition coefficient (Wildman–Crippen LogP) is 4.03. The number of amides is 2. The van der Waals surface area contributed by atoms with Crippen LogP contribution in [0.5, 0.6) is 5.75 Å². The zero-order valence-corrected chi connectivity index (χ0v) is 12.8. The van der Waals surface area contributed by atoms with Crippen LogP contribution in [0.15, 0.2) is 48.5 Å². The number of urea groups is 1. The van der Waals surface area contributed by atoms with Gasteiger partial charge >= 0.3 is 6.03 Å². The van der Waals surface area contributed by atoms with Crippen molar-refractivity contribution in [2.75, 3.05) is 18.5 Å². The van der Waals surface area contributed by atoms with Crippen LogP contribution >= 0.6 is 11.6 Å². The van der Waals surface area contributed by atoms with Gasteiger partial charge in [0.05, 0.1) is 6.61 Å². The molecular weight excluding hydrogens is 300 g/mol. The topological polar surface area (TPSA) is 50.4 Å². The molecule has 114 valence electrons. The molecule has 0 aromatic heterocycles. The molecule has 1 heterocycles. The first kappa shape index (κ1) is 14.7. The number of carbonyl (C=O) groups is 1. The number of para-hydroxylation sites is 1. The van der Waals surface area contributed by atoms with Crippen LogP contribution in [-0.4, -0.2) is 19.2 Å². The third-order valence-corrected chi connectivity index (χ3v) is 3.95. The highest BCUT2D eigenvalue weighted by molar-refractivity contribution is 6.30. The third-order valence-electron chi connectivity index (χ3n) is 3.69. The van der Waals surface area contributed by atoms with E-state index in [0.717, 1.165) is 17.7 Å². The number of halogens is 1. The summed E-state index contributed by atoms with van der Waals surface area (Å²) in [5.41, 5.74) is 1.87. The lowest BCUT2D eigenvalue weighted by Gasteiger charge is -2.26. The molecule has 4 nitrogen and oxygen atoms in total. The Bertz CT molecular complexity index is 658. The fourth-order valence-corrected chi connectivity index (χ4v) is 2.68. The van der Waals surface area contributed by atoms with Gasteiger partial charge in [-0.3, -0.25) is 0 Å². The molecule has 5 heteroatoms. The number of rotatable bonds is 3. The molecule has 1 aliphatic rings. The van der Waals surface area contributed by atoms with Gasteiger partial charge in [-0.15, -0.1) is 0 Å². The summed E-state index contributed by atoms with van der Waals surface area (Å²) in [6.07, 6.45) is 0.901. The summed E-state index contributed by atoms with van der Waals surface area (Å²) in [5.74, 6) is 1.19. The van der Waals surface area contributed by atoms with E-state index >= 15 is 0 Å². The summed E-state index contributed by atoms with van der Waals surface area (Å²) in [5, 5.41) is 6.35. The molecule has 0 aliphatic carbocycles. The minimum absolute atomic E-state index is 0.216. The summed E-state index contributed by atoms with van der Waals surface area (Å²) in [6.45, 7) is 1.27. The van der Waals surface area contributed by atoms with Crippen molar-refractivity contribution in [3.8, 4) is 5.75 Å². The van der Waals surface area contributed by atoms with E-state index < -0.39 is 0 Å². The van der Waals surface area contributed by atoms with Crippen molar-refractivity contribution in [3.05, 3.63) is 59.1 Å². The SMILES string of the molecule is O=C(NCC1CCOc2ccccc21)Nc1ccc(Cl)cc1. The minimum Gasteiger partial charge on any atom is -0.493 e. The van der Waals surface area contributed by atoms with Gasteiger partial charge in [-0.2, -0.15) is 0 Å². The molecule has 0 spiro atoms. The number of anilines is 1. The molecule has 0 saturated heterocycles. The summed E-state index contributed by atoms with van der Waals surface area (Å²) in [4.78, 5) is 12.0. The maximum Gasteiger partial charge on any atom is 0.319 e. The van der Waals surface area contributed by atoms with Crippen LogP contribution in [0, 0.1) is 0 Å². The Hall–Kier alpha value is -2.20. The average molecular weight is 317 g/mol. The smallest absolute Gasteiger partial charge is 0.319 e. The van der Waals surface area contributed by atoms with Crippen molar-refractivity contribution in [1.29, 1.82) is 0 Å². The maximum atomic E-state index is 12.0. The second-order valence-corrected chi connectivity index (χ2v) is 5.65. The maximum absolute atomic E-state index is 12.0. The number of ether oxygens (including phenoxy) is 1. The lowest BCUT2D eigenvalue weighted by atomic mass is 9.93. The lowest BCUT2D eigenvalue weighted by Crippen LogP contribution is -2.33. The Morgan fingerprint density at radius 2 is 1.95 bits per heavy atom. The first-order valence-electron chi connectivity index (χ1n) is 7.24. The Morgan fingerprint density at radius 3 is 2.77 bits per heavy atom. The van der Waals surface area contributed by atoms with Crippen LogP contribution in [0.3, 0.4) is 0 Å². The van der Waals surface area contributed by atoms with E-state index in [1.165, 1.54) is 0 Å². The van der Waals surface area contributed by atoms with Gasteiger partial charge in [-0.25, -0.2) is 4.79 Å². The third kappa shape index (κ3) is 3.52. The summed E-state index contributed by atoms with van der Waals surface area (Å²) in [6, 6.07) is 14.8. The molecule has 0 bridgehead atoms. The van der Waals surface area contributed by atoms with Crippen LogP contribution < -0.4 is 15.4 Å². The first-order valence-corrected chi connectivity index (χ1v) is 7.62. The summed E-state index contributed by atoms with van der Waals surface area (Å²) >= 11 is 5.82. The van der Waals surface area contributed by atoms with Crippen molar-refractivity contribution in [1.82, 2.24) is 5.32 Å². The number of benzene rings is 2. The standard InChI is InChI=1S/C17H17ClN2O2/c18-13-5-7-14(8-6-13)20-17(21)19-11-12-9-10-22-16-4-2-1-3-15(12)16/h1-8,12H,9-11H2,(H2,19,20,21). The van der Waals surface area contributed by atoms with Crippen molar-refractivity contribution in [2.24, 2.45) is 0 Å². The van der Waals surface area contributed by atoms with E-state index in [0.29, 0.717) is 23.9 Å². The molecule has 2 N–H and O–H groups in total. The van der Waals surface area contributed by atoms with Gasteiger partial charge in [0.25, 0.3) is 0 Å². The van der Waals surface area contributed by atoms with Gasteiger partial charge < -0.3 is 15.4 Å². The van der Waals surface area contributed by atoms with E-state index in [2.05, 4.69) is 16.7 Å². The van der Waals surface area contributed by atoms with Crippen molar-refractivity contribution in [2.45, 2.75) is 12.3 Å². The number of nitrogens with one attached hydrogen (secondary N) is 2. The molecule has 0 fully saturated rings. The molecule has 3 rings (SSSR count). The highest BCUT2D eigenvalue weighted by Crippen LogP contribution is 2.32. The van der Waals surface area contributed by atoms with Gasteiger partial charge in [-0.1, -0.05) is 29.8 Å². The lowest BCUT2D eigenvalue weighted by molar-refractivity contribution is 0.245. The minimum atomic E-state index is -0.216. The zero-order chi connectivity index (χ0) is 15.4. The van der Waals surface area contributed by atoms with Crippen molar-refractivity contribution in [3.63, 3.8) is 0 Å². The summed E-state index contributed by atoms with van der Waals surface area (Å²) in [7, 11) is 0. The van der Waals surface area contributed by atoms with E-state index in [-0.39, 0.29) is 11.9 Å². The molecule has 2 aromatic carbocycles. The van der Waals surface area contributed by atoms with Crippen LogP contribution in [0.2, 0.25) is 5.02 Å². The Morgan fingerprint density at radius 1 is 1.18 bits per heavy atom. The molecule has 1 atom stereocenters. The normalized spacial score (nSPS) is 16.3. The number of hydrogen-bond acceptors (Lipinski definition) is 2. The number of carbonyl (C=O) groups excluding carboxylic acids is 1. The van der Waals surface area contributed by atoms with Gasteiger partial charge in [0.15, 0.2) is 0 Å². The molecule has 2 amide bonds. The molecule has 1 unspecified atom stereocenters. The van der Waals surface area contributed by atoms with E-state index in [1.807, 2.05) is 18.2 Å². The van der Waals surface area contributed by atoms with Crippen molar-refractivity contribution < 1.29 is 9.53 Å². The number of hydrogen-bond donors (Lipinski definition) is 2. The van der Waals surface area contributed by atoms with E-state index in [4.69, 9.17) is 16.3 Å². The molecule has 0 saturated carbocycles. The Labute approximate surface area is 134 Å². The van der Waals surface area contributed by atoms with Crippen LogP contribution in [-0.2, 0) is 0 Å². The zero-order valence-electron chi connectivity index (χ0n) is 12.0. The fourth-order valence-electron chi connectivity index (χ4n) is 2.55. The van der Waals surface area contributed by atoms with Gasteiger partial charge in [-0.05, 0) is 42.3 Å². The van der Waals surface area contributed by atoms with E-state index in [1.54, 1.807) is 24.3 Å². The van der Waals surface area contributed by atoms with Crippen LogP contribution in [0.4, 0.5) is 10.5 Å². The van der Waals surface area contributed by atoms with Crippen LogP contribution in [0.25, 0.3) is 0 Å². The second-order valence-electron chi connectivity index (χ2n) is 5.21. The first-order chi connectivity index (χ1) is 10.7. The highest BCUT2D eigenvalue weighted by Gasteiger charge is 2.21. The average Bonchev–Trinajstić information content (AvgIpc) is 2.55. The second kappa shape index (κ2) is 6.71. The largest absolute Gasteiger partial charge is 0.493 e. The Balaban J connectivity index is 1.56. The van der Waals surface area contributed by atoms with E-state index in [9.17, 15) is 4.79 Å². The molecule has 1 aliphatic heterocycles. The fraction of sp³-hybridized carbons (Fsp3) is 0.235. The van der Waals surface area contributed by atoms with Gasteiger partial charge in [0.2, 0.25) is 0 Å². The van der Waals surface area contributed by atoms with Crippen molar-refractivity contribution >= 4 is 23.3 Å². The monoisotopic (exact) mass is 316 g/mol. The molecule has 22 heavy (non-hydrogen) atoms. The van der Waals surface area contributed by atoms with Crippen LogP contribution in [0.1, 0.15) is 17.9 Å².